The zero-order chi connectivity index (χ0) is 10.8. The highest BCUT2D eigenvalue weighted by molar-refractivity contribution is 5.15. The first kappa shape index (κ1) is 11.1. The second-order valence-corrected chi connectivity index (χ2v) is 4.68. The van der Waals surface area contributed by atoms with Gasteiger partial charge in [-0.05, 0) is 17.9 Å². The van der Waals surface area contributed by atoms with Crippen molar-refractivity contribution in [1.82, 2.24) is 4.98 Å². The Morgan fingerprint density at radius 3 is 2.64 bits per heavy atom. The van der Waals surface area contributed by atoms with E-state index in [-0.39, 0.29) is 5.41 Å². The molecule has 0 spiro atoms. The van der Waals surface area contributed by atoms with Crippen molar-refractivity contribution in [2.24, 2.45) is 5.41 Å². The van der Waals surface area contributed by atoms with Crippen LogP contribution >= 0.6 is 0 Å². The Morgan fingerprint density at radius 2 is 2.14 bits per heavy atom. The number of halogens is 1. The van der Waals surface area contributed by atoms with E-state index >= 15 is 0 Å². The van der Waals surface area contributed by atoms with Crippen LogP contribution in [0.5, 0.6) is 0 Å². The number of aromatic nitrogens is 1. The van der Waals surface area contributed by atoms with Crippen molar-refractivity contribution in [2.45, 2.75) is 33.3 Å². The summed E-state index contributed by atoms with van der Waals surface area (Å²) in [5.41, 5.74) is 0.310. The topological polar surface area (TPSA) is 33.1 Å². The van der Waals surface area contributed by atoms with Crippen molar-refractivity contribution < 1.29 is 9.50 Å². The van der Waals surface area contributed by atoms with Crippen LogP contribution < -0.4 is 0 Å². The largest absolute Gasteiger partial charge is 0.388 e. The summed E-state index contributed by atoms with van der Waals surface area (Å²) >= 11 is 0. The van der Waals surface area contributed by atoms with Crippen LogP contribution in [0.3, 0.4) is 0 Å². The molecule has 1 heterocycles. The second kappa shape index (κ2) is 4.05. The van der Waals surface area contributed by atoms with Gasteiger partial charge in [-0.2, -0.15) is 0 Å². The molecule has 0 aromatic carbocycles. The molecule has 0 fully saturated rings. The van der Waals surface area contributed by atoms with E-state index in [1.807, 2.05) is 20.8 Å². The van der Waals surface area contributed by atoms with Gasteiger partial charge in [-0.15, -0.1) is 0 Å². The van der Waals surface area contributed by atoms with E-state index in [0.29, 0.717) is 12.0 Å². The van der Waals surface area contributed by atoms with Crippen LogP contribution in [-0.2, 0) is 0 Å². The maximum absolute atomic E-state index is 13.2. The fourth-order valence-corrected chi connectivity index (χ4v) is 1.35. The van der Waals surface area contributed by atoms with Crippen LogP contribution in [0, 0.1) is 11.2 Å². The number of aliphatic hydroxyl groups is 1. The lowest BCUT2D eigenvalue weighted by atomic mass is 9.87. The third kappa shape index (κ3) is 3.07. The Kier molecular flexibility index (Phi) is 3.21. The molecule has 0 saturated heterocycles. The van der Waals surface area contributed by atoms with Gasteiger partial charge in [-0.3, -0.25) is 4.98 Å². The molecule has 3 heteroatoms. The summed E-state index contributed by atoms with van der Waals surface area (Å²) < 4.78 is 13.2. The molecule has 14 heavy (non-hydrogen) atoms. The number of rotatable bonds is 2. The molecule has 2 nitrogen and oxygen atoms in total. The summed E-state index contributed by atoms with van der Waals surface area (Å²) in [5, 5.41) is 9.77. The Balaban J connectivity index is 2.80. The molecule has 1 rings (SSSR count). The summed E-state index contributed by atoms with van der Waals surface area (Å²) in [6.07, 6.45) is 2.40. The Hall–Kier alpha value is -0.960. The van der Waals surface area contributed by atoms with Crippen LogP contribution in [0.1, 0.15) is 38.9 Å². The van der Waals surface area contributed by atoms with Gasteiger partial charge in [-0.25, -0.2) is 4.39 Å². The molecular formula is C11H16FNO. The SMILES string of the molecule is CC(C)(C)CC(O)c1ccncc1F. The minimum atomic E-state index is -0.752. The summed E-state index contributed by atoms with van der Waals surface area (Å²) in [6, 6.07) is 1.52. The molecule has 1 unspecified atom stereocenters. The van der Waals surface area contributed by atoms with E-state index in [1.54, 1.807) is 0 Å². The van der Waals surface area contributed by atoms with Crippen LogP contribution in [0.4, 0.5) is 4.39 Å². The zero-order valence-corrected chi connectivity index (χ0v) is 8.79. The zero-order valence-electron chi connectivity index (χ0n) is 8.79. The van der Waals surface area contributed by atoms with Gasteiger partial charge in [0.15, 0.2) is 0 Å². The van der Waals surface area contributed by atoms with Gasteiger partial charge in [0.2, 0.25) is 0 Å². The van der Waals surface area contributed by atoms with E-state index in [9.17, 15) is 9.50 Å². The second-order valence-electron chi connectivity index (χ2n) is 4.68. The molecule has 0 radical (unpaired) electrons. The van der Waals surface area contributed by atoms with Crippen molar-refractivity contribution in [3.63, 3.8) is 0 Å². The van der Waals surface area contributed by atoms with E-state index in [2.05, 4.69) is 4.98 Å². The predicted octanol–water partition coefficient (Wildman–Crippen LogP) is 2.69. The lowest BCUT2D eigenvalue weighted by molar-refractivity contribution is 0.118. The number of aliphatic hydroxyl groups excluding tert-OH is 1. The summed E-state index contributed by atoms with van der Waals surface area (Å²) in [4.78, 5) is 3.64. The number of hydrogen-bond acceptors (Lipinski definition) is 2. The normalized spacial score (nSPS) is 14.1. The van der Waals surface area contributed by atoms with Gasteiger partial charge in [0.1, 0.15) is 5.82 Å². The summed E-state index contributed by atoms with van der Waals surface area (Å²) in [7, 11) is 0. The quantitative estimate of drug-likeness (QED) is 0.790. The molecule has 1 atom stereocenters. The highest BCUT2D eigenvalue weighted by Crippen LogP contribution is 2.29. The van der Waals surface area contributed by atoms with E-state index < -0.39 is 11.9 Å². The lowest BCUT2D eigenvalue weighted by Gasteiger charge is -2.22. The van der Waals surface area contributed by atoms with Gasteiger partial charge >= 0.3 is 0 Å². The van der Waals surface area contributed by atoms with Crippen molar-refractivity contribution in [3.05, 3.63) is 29.8 Å². The predicted molar refractivity (Wildman–Crippen MR) is 53.2 cm³/mol. The minimum Gasteiger partial charge on any atom is -0.388 e. The number of hydrogen-bond donors (Lipinski definition) is 1. The van der Waals surface area contributed by atoms with Crippen molar-refractivity contribution >= 4 is 0 Å². The molecule has 0 saturated carbocycles. The monoisotopic (exact) mass is 197 g/mol. The maximum Gasteiger partial charge on any atom is 0.147 e. The number of nitrogens with zero attached hydrogens (tertiary/aromatic N) is 1. The molecular weight excluding hydrogens is 181 g/mol. The average molecular weight is 197 g/mol. The van der Waals surface area contributed by atoms with Gasteiger partial charge in [0.25, 0.3) is 0 Å². The molecule has 0 amide bonds. The van der Waals surface area contributed by atoms with Gasteiger partial charge in [0.05, 0.1) is 12.3 Å². The van der Waals surface area contributed by atoms with Gasteiger partial charge in [0, 0.05) is 11.8 Å². The lowest BCUT2D eigenvalue weighted by Crippen LogP contribution is -2.12. The summed E-state index contributed by atoms with van der Waals surface area (Å²) in [5.74, 6) is -0.441. The van der Waals surface area contributed by atoms with Crippen molar-refractivity contribution in [1.29, 1.82) is 0 Å². The van der Waals surface area contributed by atoms with Gasteiger partial charge in [-0.1, -0.05) is 20.8 Å². The standard InChI is InChI=1S/C11H16FNO/c1-11(2,3)6-10(14)8-4-5-13-7-9(8)12/h4-5,7,10,14H,6H2,1-3H3. The third-order valence-corrected chi connectivity index (χ3v) is 1.97. The molecule has 1 aromatic rings. The minimum absolute atomic E-state index is 0.0187. The third-order valence-electron chi connectivity index (χ3n) is 1.97. The van der Waals surface area contributed by atoms with E-state index in [1.165, 1.54) is 12.3 Å². The molecule has 78 valence electrons. The average Bonchev–Trinajstić information content (AvgIpc) is 2.01. The molecule has 1 aromatic heterocycles. The fourth-order valence-electron chi connectivity index (χ4n) is 1.35. The highest BCUT2D eigenvalue weighted by Gasteiger charge is 2.20. The Morgan fingerprint density at radius 1 is 1.50 bits per heavy atom. The highest BCUT2D eigenvalue weighted by atomic mass is 19.1. The first-order valence-electron chi connectivity index (χ1n) is 4.67. The van der Waals surface area contributed by atoms with Crippen LogP contribution in [0.2, 0.25) is 0 Å². The maximum atomic E-state index is 13.2. The molecule has 0 aliphatic rings. The molecule has 1 N–H and O–H groups in total. The van der Waals surface area contributed by atoms with Crippen LogP contribution in [-0.4, -0.2) is 10.1 Å². The van der Waals surface area contributed by atoms with Crippen LogP contribution in [0.15, 0.2) is 18.5 Å². The Labute approximate surface area is 83.8 Å². The van der Waals surface area contributed by atoms with E-state index in [0.717, 1.165) is 6.20 Å². The molecule has 0 aliphatic carbocycles. The number of pyridine rings is 1. The molecule has 0 bridgehead atoms. The fraction of sp³-hybridized carbons (Fsp3) is 0.545. The summed E-state index contributed by atoms with van der Waals surface area (Å²) in [6.45, 7) is 6.03. The van der Waals surface area contributed by atoms with Crippen LogP contribution in [0.25, 0.3) is 0 Å². The smallest absolute Gasteiger partial charge is 0.147 e. The first-order valence-corrected chi connectivity index (χ1v) is 4.67. The molecule has 0 aliphatic heterocycles. The Bertz CT molecular complexity index is 306. The van der Waals surface area contributed by atoms with Crippen molar-refractivity contribution in [2.75, 3.05) is 0 Å². The first-order chi connectivity index (χ1) is 6.40. The van der Waals surface area contributed by atoms with Gasteiger partial charge < -0.3 is 5.11 Å². The van der Waals surface area contributed by atoms with E-state index in [4.69, 9.17) is 0 Å². The van der Waals surface area contributed by atoms with Crippen molar-refractivity contribution in [3.8, 4) is 0 Å².